The molecule has 2 aromatic heterocycles. The highest BCUT2D eigenvalue weighted by atomic mass is 16.5. The largest absolute Gasteiger partial charge is 0.383 e. The minimum absolute atomic E-state index is 0.0149. The molecule has 2 amide bonds. The fraction of sp³-hybridized carbons (Fsp3) is 0.400. The fourth-order valence-electron chi connectivity index (χ4n) is 3.60. The summed E-state index contributed by atoms with van der Waals surface area (Å²) < 4.78 is 5.51. The first kappa shape index (κ1) is 18.4. The van der Waals surface area contributed by atoms with Crippen LogP contribution in [0.2, 0.25) is 0 Å². The van der Waals surface area contributed by atoms with Crippen molar-refractivity contribution in [1.82, 2.24) is 20.2 Å². The third-order valence-electron chi connectivity index (χ3n) is 5.12. The minimum Gasteiger partial charge on any atom is -0.383 e. The summed E-state index contributed by atoms with van der Waals surface area (Å²) in [5.41, 5.74) is 8.80. The Morgan fingerprint density at radius 3 is 3.00 bits per heavy atom. The van der Waals surface area contributed by atoms with E-state index in [4.69, 9.17) is 10.5 Å². The van der Waals surface area contributed by atoms with E-state index in [-0.39, 0.29) is 23.7 Å². The van der Waals surface area contributed by atoms with Gasteiger partial charge in [0, 0.05) is 38.0 Å². The van der Waals surface area contributed by atoms with Crippen LogP contribution in [0.3, 0.4) is 0 Å². The first-order chi connectivity index (χ1) is 13.6. The summed E-state index contributed by atoms with van der Waals surface area (Å²) in [7, 11) is 0. The lowest BCUT2D eigenvalue weighted by molar-refractivity contribution is -0.141. The van der Waals surface area contributed by atoms with Gasteiger partial charge in [-0.3, -0.25) is 14.6 Å². The van der Waals surface area contributed by atoms with Crippen LogP contribution < -0.4 is 11.1 Å². The highest BCUT2D eigenvalue weighted by molar-refractivity contribution is 5.98. The maximum atomic E-state index is 12.6. The molecule has 3 N–H and O–H groups in total. The van der Waals surface area contributed by atoms with Crippen molar-refractivity contribution in [2.24, 2.45) is 0 Å². The molecule has 1 saturated heterocycles. The molecule has 0 aliphatic carbocycles. The van der Waals surface area contributed by atoms with E-state index in [0.717, 1.165) is 29.8 Å². The molecule has 0 spiro atoms. The molecule has 4 heterocycles. The molecule has 8 nitrogen and oxygen atoms in total. The summed E-state index contributed by atoms with van der Waals surface area (Å²) in [4.78, 5) is 35.6. The number of fused-ring (bicyclic) bond motifs is 1. The number of anilines is 1. The number of pyridine rings is 2. The molecule has 2 aliphatic rings. The molecule has 0 radical (unpaired) electrons. The molecule has 8 heteroatoms. The van der Waals surface area contributed by atoms with Crippen LogP contribution in [0.5, 0.6) is 0 Å². The van der Waals surface area contributed by atoms with Crippen molar-refractivity contribution < 1.29 is 14.3 Å². The van der Waals surface area contributed by atoms with E-state index < -0.39 is 0 Å². The Morgan fingerprint density at radius 2 is 2.25 bits per heavy atom. The number of nitrogens with two attached hydrogens (primary N) is 1. The number of amides is 2. The van der Waals surface area contributed by atoms with Gasteiger partial charge in [0.25, 0.3) is 11.8 Å². The number of hydrogen-bond acceptors (Lipinski definition) is 6. The zero-order valence-electron chi connectivity index (χ0n) is 15.6. The van der Waals surface area contributed by atoms with Crippen molar-refractivity contribution >= 4 is 17.6 Å². The van der Waals surface area contributed by atoms with E-state index >= 15 is 0 Å². The molecule has 0 aromatic carbocycles. The number of carbonyl (C=O) groups excluding carboxylic acids is 2. The quantitative estimate of drug-likeness (QED) is 0.819. The Labute approximate surface area is 163 Å². The Balaban J connectivity index is 1.47. The van der Waals surface area contributed by atoms with Crippen LogP contribution in [0.15, 0.2) is 30.5 Å². The summed E-state index contributed by atoms with van der Waals surface area (Å²) in [6, 6.07) is 7.27. The number of nitrogen functional groups attached to an aromatic ring is 1. The molecular formula is C20H23N5O3. The van der Waals surface area contributed by atoms with Gasteiger partial charge in [0.15, 0.2) is 0 Å². The minimum atomic E-state index is -0.343. The molecule has 0 saturated carbocycles. The van der Waals surface area contributed by atoms with E-state index in [9.17, 15) is 9.59 Å². The van der Waals surface area contributed by atoms with Crippen LogP contribution in [0.4, 0.5) is 5.82 Å². The number of nitrogens with one attached hydrogen (secondary N) is 1. The van der Waals surface area contributed by atoms with E-state index in [1.54, 1.807) is 17.2 Å². The van der Waals surface area contributed by atoms with Gasteiger partial charge in [-0.05, 0) is 36.6 Å². The monoisotopic (exact) mass is 381 g/mol. The number of nitrogens with zero attached hydrogens (tertiary/aromatic N) is 3. The van der Waals surface area contributed by atoms with Crippen molar-refractivity contribution in [3.05, 3.63) is 53.0 Å². The molecule has 1 atom stereocenters. The summed E-state index contributed by atoms with van der Waals surface area (Å²) in [5, 5.41) is 2.82. The average molecular weight is 381 g/mol. The smallest absolute Gasteiger partial charge is 0.255 e. The molecule has 0 unspecified atom stereocenters. The van der Waals surface area contributed by atoms with E-state index in [1.165, 1.54) is 0 Å². The standard InChI is InChI=1S/C20H23N5O3/c21-18-15(19(26)23-11-14-4-1-2-7-22-14)10-13-12-25(8-6-16(13)24-18)20(27)17-5-3-9-28-17/h1-2,4,7,10,17H,3,5-6,8-9,11-12H2,(H2,21,24)(H,23,26)/t17-/m0/s1. The van der Waals surface area contributed by atoms with Gasteiger partial charge in [-0.15, -0.1) is 0 Å². The third kappa shape index (κ3) is 3.82. The van der Waals surface area contributed by atoms with E-state index in [1.807, 2.05) is 18.2 Å². The maximum Gasteiger partial charge on any atom is 0.255 e. The van der Waals surface area contributed by atoms with Crippen molar-refractivity contribution in [2.75, 3.05) is 18.9 Å². The molecule has 1 fully saturated rings. The Hall–Kier alpha value is -3.00. The molecule has 2 aliphatic heterocycles. The third-order valence-corrected chi connectivity index (χ3v) is 5.12. The van der Waals surface area contributed by atoms with Crippen LogP contribution in [0.1, 0.15) is 40.2 Å². The second-order valence-corrected chi connectivity index (χ2v) is 7.04. The maximum absolute atomic E-state index is 12.6. The first-order valence-electron chi connectivity index (χ1n) is 9.48. The molecule has 28 heavy (non-hydrogen) atoms. The molecular weight excluding hydrogens is 358 g/mol. The van der Waals surface area contributed by atoms with Gasteiger partial charge in [0.05, 0.1) is 17.8 Å². The van der Waals surface area contributed by atoms with Gasteiger partial charge >= 0.3 is 0 Å². The van der Waals surface area contributed by atoms with E-state index in [2.05, 4.69) is 15.3 Å². The number of ether oxygens (including phenoxy) is 1. The Bertz CT molecular complexity index is 881. The predicted molar refractivity (Wildman–Crippen MR) is 102 cm³/mol. The van der Waals surface area contributed by atoms with Crippen LogP contribution in [-0.2, 0) is 29.0 Å². The van der Waals surface area contributed by atoms with Gasteiger partial charge in [-0.1, -0.05) is 6.07 Å². The van der Waals surface area contributed by atoms with Gasteiger partial charge in [-0.25, -0.2) is 4.98 Å². The summed E-state index contributed by atoms with van der Waals surface area (Å²) >= 11 is 0. The lowest BCUT2D eigenvalue weighted by Crippen LogP contribution is -2.42. The lowest BCUT2D eigenvalue weighted by Gasteiger charge is -2.30. The molecule has 4 rings (SSSR count). The molecule has 0 bridgehead atoms. The first-order valence-corrected chi connectivity index (χ1v) is 9.48. The predicted octanol–water partition coefficient (Wildman–Crippen LogP) is 1.05. The average Bonchev–Trinajstić information content (AvgIpc) is 3.26. The van der Waals surface area contributed by atoms with Gasteiger partial charge < -0.3 is 20.7 Å². The highest BCUT2D eigenvalue weighted by Crippen LogP contribution is 2.24. The van der Waals surface area contributed by atoms with E-state index in [0.29, 0.717) is 38.2 Å². The SMILES string of the molecule is Nc1nc2c(cc1C(=O)NCc1ccccn1)CN(C(=O)[C@@H]1CCCO1)CC2. The highest BCUT2D eigenvalue weighted by Gasteiger charge is 2.31. The summed E-state index contributed by atoms with van der Waals surface area (Å²) in [6.45, 7) is 1.95. The van der Waals surface area contributed by atoms with Crippen molar-refractivity contribution in [3.8, 4) is 0 Å². The van der Waals surface area contributed by atoms with Crippen LogP contribution in [0.25, 0.3) is 0 Å². The zero-order chi connectivity index (χ0) is 19.5. The molecule has 2 aromatic rings. The van der Waals surface area contributed by atoms with Crippen molar-refractivity contribution in [3.63, 3.8) is 0 Å². The topological polar surface area (TPSA) is 110 Å². The van der Waals surface area contributed by atoms with Crippen molar-refractivity contribution in [1.29, 1.82) is 0 Å². The van der Waals surface area contributed by atoms with Crippen LogP contribution >= 0.6 is 0 Å². The molecule has 146 valence electrons. The zero-order valence-corrected chi connectivity index (χ0v) is 15.6. The Morgan fingerprint density at radius 1 is 1.36 bits per heavy atom. The number of hydrogen-bond donors (Lipinski definition) is 2. The summed E-state index contributed by atoms with van der Waals surface area (Å²) in [6.07, 6.45) is 3.64. The number of aromatic nitrogens is 2. The number of rotatable bonds is 4. The normalized spacial score (nSPS) is 18.6. The van der Waals surface area contributed by atoms with Crippen molar-refractivity contribution in [2.45, 2.75) is 38.5 Å². The lowest BCUT2D eigenvalue weighted by atomic mass is 10.0. The Kier molecular flexibility index (Phi) is 5.21. The summed E-state index contributed by atoms with van der Waals surface area (Å²) in [5.74, 6) is -0.0849. The number of carbonyl (C=O) groups is 2. The van der Waals surface area contributed by atoms with Gasteiger partial charge in [0.1, 0.15) is 11.9 Å². The second kappa shape index (κ2) is 7.93. The van der Waals surface area contributed by atoms with Crippen LogP contribution in [0, 0.1) is 0 Å². The van der Waals surface area contributed by atoms with Crippen LogP contribution in [-0.4, -0.2) is 45.9 Å². The second-order valence-electron chi connectivity index (χ2n) is 7.04. The van der Waals surface area contributed by atoms with Gasteiger partial charge in [-0.2, -0.15) is 0 Å². The fourth-order valence-corrected chi connectivity index (χ4v) is 3.60. The van der Waals surface area contributed by atoms with Gasteiger partial charge in [0.2, 0.25) is 0 Å².